The monoisotopic (exact) mass is 133 g/mol. The second kappa shape index (κ2) is 76.7. The Bertz CT molecular complexity index is 8.00. The summed E-state index contributed by atoms with van der Waals surface area (Å²) >= 11 is 0.300. The first-order valence-corrected chi connectivity index (χ1v) is 1.44. The Morgan fingerprint density at radius 2 is 1.25 bits per heavy atom. The van der Waals surface area contributed by atoms with Crippen molar-refractivity contribution in [1.29, 1.82) is 0 Å². The fourth-order valence-corrected chi connectivity index (χ4v) is 0. The van der Waals surface area contributed by atoms with Crippen LogP contribution in [-0.2, 0) is 32.2 Å². The molecule has 4 heteroatoms. The molecular weight excluding hydrogens is 134 g/mol. The Morgan fingerprint density at radius 1 is 1.25 bits per heavy atom. The van der Waals surface area contributed by atoms with Gasteiger partial charge in [0, 0.05) is 0 Å². The van der Waals surface area contributed by atoms with Crippen LogP contribution in [0.15, 0.2) is 0 Å². The quantitative estimate of drug-likeness (QED) is 0.414. The van der Waals surface area contributed by atoms with Gasteiger partial charge in [-0.3, -0.25) is 0 Å². The maximum absolute atomic E-state index is 8.34. The van der Waals surface area contributed by atoms with Crippen LogP contribution < -0.4 is 0 Å². The van der Waals surface area contributed by atoms with E-state index >= 15 is 0 Å². The van der Waals surface area contributed by atoms with Crippen LogP contribution in [0.25, 0.3) is 0 Å². The van der Waals surface area contributed by atoms with Gasteiger partial charge in [-0.1, -0.05) is 0 Å². The van der Waals surface area contributed by atoms with Crippen molar-refractivity contribution in [2.45, 2.75) is 0 Å². The van der Waals surface area contributed by atoms with Gasteiger partial charge in [-0.05, 0) is 0 Å². The van der Waals surface area contributed by atoms with E-state index in [1.807, 2.05) is 0 Å². The van der Waals surface area contributed by atoms with Gasteiger partial charge in [-0.15, -0.1) is 0 Å². The minimum absolute atomic E-state index is 0.300. The molecule has 0 heterocycles. The van der Waals surface area contributed by atoms with E-state index in [0.717, 1.165) is 0 Å². The molecule has 0 saturated heterocycles. The Morgan fingerprint density at radius 3 is 1.25 bits per heavy atom. The Labute approximate surface area is 40.3 Å². The summed E-state index contributed by atoms with van der Waals surface area (Å²) < 4.78 is 16.1. The predicted molar refractivity (Wildman–Crippen MR) is 7.13 cm³/mol. The van der Waals surface area contributed by atoms with Crippen molar-refractivity contribution in [2.24, 2.45) is 0 Å². The molecule has 0 atom stereocenters. The second-order valence-corrected chi connectivity index (χ2v) is 0. The Balaban J connectivity index is 0. The van der Waals surface area contributed by atoms with Crippen LogP contribution in [0.1, 0.15) is 0 Å². The molecule has 1 radical (unpaired) electrons. The molecule has 0 aliphatic heterocycles. The van der Waals surface area contributed by atoms with Crippen LogP contribution in [0.4, 0.5) is 0 Å². The Kier molecular flexibility index (Phi) is 169. The molecule has 2 nitrogen and oxygen atoms in total. The van der Waals surface area contributed by atoms with E-state index in [0.29, 0.717) is 24.7 Å². The van der Waals surface area contributed by atoms with E-state index in [1.165, 1.54) is 0 Å². The average molecular weight is 134 g/mol. The molecule has 0 aromatic heterocycles. The van der Waals surface area contributed by atoms with Crippen molar-refractivity contribution in [2.75, 3.05) is 0 Å². The number of hydrogen-bond acceptors (Lipinski definition) is 2. The molecule has 19 valence electrons. The summed E-state index contributed by atoms with van der Waals surface area (Å²) in [6, 6.07) is 0. The van der Waals surface area contributed by atoms with Crippen LogP contribution in [0.3, 0.4) is 0 Å². The third-order valence-electron chi connectivity index (χ3n) is 0. The van der Waals surface area contributed by atoms with Crippen molar-refractivity contribution in [3.63, 3.8) is 0 Å². The predicted octanol–water partition coefficient (Wildman–Crippen LogP) is -0.621. The van der Waals surface area contributed by atoms with Gasteiger partial charge in [0.15, 0.2) is 0 Å². The van der Waals surface area contributed by atoms with E-state index in [-0.39, 0.29) is 0 Å². The van der Waals surface area contributed by atoms with E-state index < -0.39 is 0 Å². The fraction of sp³-hybridized carbons (Fsp3) is 0. The van der Waals surface area contributed by atoms with Crippen LogP contribution in [0.5, 0.6) is 0 Å². The van der Waals surface area contributed by atoms with E-state index in [1.54, 1.807) is 0 Å². The molecule has 0 aromatic rings. The SMILES string of the molecule is [B]=O.[O]=[Zr]. The van der Waals surface area contributed by atoms with Crippen molar-refractivity contribution in [1.82, 2.24) is 0 Å². The van der Waals surface area contributed by atoms with E-state index in [2.05, 4.69) is 7.72 Å². The summed E-state index contributed by atoms with van der Waals surface area (Å²) in [7, 11) is 3.25. The van der Waals surface area contributed by atoms with Crippen LogP contribution >= 0.6 is 0 Å². The average Bonchev–Trinajstić information content (AvgIpc) is 1.50. The van der Waals surface area contributed by atoms with Crippen molar-refractivity contribution in [3.05, 3.63) is 0 Å². The van der Waals surface area contributed by atoms with Gasteiger partial charge in [0.1, 0.15) is 0 Å². The molecule has 4 heavy (non-hydrogen) atoms. The maximum atomic E-state index is 8.34. The van der Waals surface area contributed by atoms with Gasteiger partial charge in [-0.2, -0.15) is 0 Å². The van der Waals surface area contributed by atoms with E-state index in [4.69, 9.17) is 7.52 Å². The molecule has 0 N–H and O–H groups in total. The second-order valence-electron chi connectivity index (χ2n) is 0. The molecule has 0 aliphatic rings. The van der Waals surface area contributed by atoms with Crippen molar-refractivity contribution >= 4 is 7.72 Å². The minimum atomic E-state index is 0.300. The molecule has 0 unspecified atom stereocenters. The zero-order valence-electron chi connectivity index (χ0n) is 1.89. The van der Waals surface area contributed by atoms with Crippen LogP contribution in [0.2, 0.25) is 0 Å². The molecule has 0 fully saturated rings. The van der Waals surface area contributed by atoms with Gasteiger partial charge in [-0.25, -0.2) is 0 Å². The third kappa shape index (κ3) is 20.3. The zero-order valence-corrected chi connectivity index (χ0v) is 4.35. The normalized spacial score (nSPS) is 1.50. The first-order valence-electron chi connectivity index (χ1n) is 0.440. The Hall–Kier alpha value is 0.548. The summed E-state index contributed by atoms with van der Waals surface area (Å²) in [6.45, 7) is 0. The van der Waals surface area contributed by atoms with E-state index in [9.17, 15) is 0 Å². The van der Waals surface area contributed by atoms with Gasteiger partial charge in [0.05, 0.1) is 0 Å². The standard InChI is InChI=1S/BO.O.Zr/c1-2;;. The summed E-state index contributed by atoms with van der Waals surface area (Å²) in [6.07, 6.45) is 0. The van der Waals surface area contributed by atoms with Gasteiger partial charge >= 0.3 is 40.0 Å². The van der Waals surface area contributed by atoms with Crippen molar-refractivity contribution < 1.29 is 32.2 Å². The number of hydrogen-bond donors (Lipinski definition) is 0. The molecule has 0 bridgehead atoms. The van der Waals surface area contributed by atoms with Gasteiger partial charge in [0.25, 0.3) is 0 Å². The zero-order chi connectivity index (χ0) is 4.00. The summed E-state index contributed by atoms with van der Waals surface area (Å²) in [5, 5.41) is 0. The first-order chi connectivity index (χ1) is 2.00. The van der Waals surface area contributed by atoms with Crippen LogP contribution in [0, 0.1) is 0 Å². The number of rotatable bonds is 0. The topological polar surface area (TPSA) is 34.1 Å². The molecule has 0 spiro atoms. The molecule has 0 aliphatic carbocycles. The molecular formula is BO2Zr. The molecule has 0 amide bonds. The van der Waals surface area contributed by atoms with Gasteiger partial charge < -0.3 is 0 Å². The first kappa shape index (κ1) is 8.82. The van der Waals surface area contributed by atoms with Gasteiger partial charge in [0.2, 0.25) is 0 Å². The molecule has 0 aromatic carbocycles. The molecule has 0 rings (SSSR count). The van der Waals surface area contributed by atoms with Crippen molar-refractivity contribution in [3.8, 4) is 0 Å². The summed E-state index contributed by atoms with van der Waals surface area (Å²) in [5.74, 6) is 0. The fourth-order valence-electron chi connectivity index (χ4n) is 0. The summed E-state index contributed by atoms with van der Waals surface area (Å²) in [5.41, 5.74) is 0. The third-order valence-corrected chi connectivity index (χ3v) is 0. The molecule has 0 saturated carbocycles. The van der Waals surface area contributed by atoms with Crippen LogP contribution in [-0.4, -0.2) is 7.72 Å². The summed E-state index contributed by atoms with van der Waals surface area (Å²) in [4.78, 5) is 0.